The van der Waals surface area contributed by atoms with E-state index in [0.29, 0.717) is 30.2 Å². The van der Waals surface area contributed by atoms with Crippen molar-refractivity contribution in [3.05, 3.63) is 52.9 Å². The number of likely N-dealkylation sites (tertiary alicyclic amines) is 1. The lowest BCUT2D eigenvalue weighted by molar-refractivity contribution is -0.0238. The summed E-state index contributed by atoms with van der Waals surface area (Å²) in [5.74, 6) is 0.867. The van der Waals surface area contributed by atoms with Gasteiger partial charge >= 0.3 is 0 Å². The Balaban J connectivity index is 1.33. The van der Waals surface area contributed by atoms with Crippen molar-refractivity contribution in [1.29, 1.82) is 0 Å². The molecule has 2 fully saturated rings. The average Bonchev–Trinajstić information content (AvgIpc) is 3.45. The molecule has 4 heterocycles. The van der Waals surface area contributed by atoms with Gasteiger partial charge < -0.3 is 26.2 Å². The quantitative estimate of drug-likeness (QED) is 0.314. The van der Waals surface area contributed by atoms with Crippen molar-refractivity contribution in [2.24, 2.45) is 5.41 Å². The number of hydrogen-bond donors (Lipinski definition) is 4. The highest BCUT2D eigenvalue weighted by atomic mass is 79.9. The van der Waals surface area contributed by atoms with Crippen molar-refractivity contribution >= 4 is 49.5 Å². The molecule has 5 atom stereocenters. The Hall–Kier alpha value is -2.79. The van der Waals surface area contributed by atoms with Crippen LogP contribution in [0.25, 0.3) is 21.9 Å². The lowest BCUT2D eigenvalue weighted by atomic mass is 9.80. The van der Waals surface area contributed by atoms with E-state index in [0.717, 1.165) is 32.7 Å². The summed E-state index contributed by atoms with van der Waals surface area (Å²) in [4.78, 5) is 15.2. The van der Waals surface area contributed by atoms with Crippen molar-refractivity contribution in [2.45, 2.75) is 37.1 Å². The van der Waals surface area contributed by atoms with Crippen LogP contribution in [0.4, 0.5) is 11.6 Å². The second-order valence-corrected chi connectivity index (χ2v) is 10.6. The van der Waals surface area contributed by atoms with E-state index < -0.39 is 17.6 Å². The highest BCUT2D eigenvalue weighted by Gasteiger charge is 2.58. The van der Waals surface area contributed by atoms with Gasteiger partial charge in [0.15, 0.2) is 0 Å². The molecule has 1 unspecified atom stereocenters. The number of aliphatic hydroxyl groups excluding tert-OH is 2. The van der Waals surface area contributed by atoms with Gasteiger partial charge in [0.1, 0.15) is 29.7 Å². The van der Waals surface area contributed by atoms with Crippen molar-refractivity contribution in [1.82, 2.24) is 24.4 Å². The number of benzene rings is 1. The smallest absolute Gasteiger partial charge is 0.145 e. The minimum atomic E-state index is -0.908. The number of nitrogens with two attached hydrogens (primary N) is 2. The van der Waals surface area contributed by atoms with Gasteiger partial charge in [0.05, 0.1) is 27.5 Å². The van der Waals surface area contributed by atoms with Crippen LogP contribution in [0.5, 0.6) is 0 Å². The number of aliphatic hydroxyl groups is 2. The number of anilines is 2. The van der Waals surface area contributed by atoms with E-state index in [1.54, 1.807) is 0 Å². The molecular formula is C24H26BrN7O2. The molecule has 0 bridgehead atoms. The van der Waals surface area contributed by atoms with E-state index in [2.05, 4.69) is 61.0 Å². The maximum atomic E-state index is 11.3. The first-order valence-electron chi connectivity index (χ1n) is 11.3. The molecule has 1 aliphatic heterocycles. The van der Waals surface area contributed by atoms with E-state index in [-0.39, 0.29) is 12.1 Å². The fraction of sp³-hybridized carbons (Fsp3) is 0.375. The van der Waals surface area contributed by atoms with Gasteiger partial charge in [0.25, 0.3) is 0 Å². The van der Waals surface area contributed by atoms with E-state index in [1.807, 2.05) is 22.9 Å². The van der Waals surface area contributed by atoms with Gasteiger partial charge in [-0.3, -0.25) is 4.90 Å². The highest BCUT2D eigenvalue weighted by molar-refractivity contribution is 9.10. The molecule has 4 aromatic rings. The Morgan fingerprint density at radius 3 is 2.74 bits per heavy atom. The first-order valence-corrected chi connectivity index (χ1v) is 12.1. The minimum absolute atomic E-state index is 0.0936. The molecule has 1 spiro atoms. The number of nitrogens with zero attached hydrogens (tertiary/aromatic N) is 5. The SMILES string of the molecule is CN1C[C@]2(CC1c1ccc3cc(Br)c(N)nc3c1)C[C@@H](n1ccc3c(N)ncnc31)[C@H](O)[C@@H]2O. The monoisotopic (exact) mass is 523 g/mol. The van der Waals surface area contributed by atoms with E-state index in [9.17, 15) is 10.2 Å². The normalized spacial score (nSPS) is 29.6. The second kappa shape index (κ2) is 7.61. The zero-order chi connectivity index (χ0) is 23.8. The Morgan fingerprint density at radius 1 is 1.09 bits per heavy atom. The third-order valence-corrected chi connectivity index (χ3v) is 8.40. The van der Waals surface area contributed by atoms with E-state index >= 15 is 0 Å². The average molecular weight is 524 g/mol. The van der Waals surface area contributed by atoms with Crippen LogP contribution < -0.4 is 11.5 Å². The summed E-state index contributed by atoms with van der Waals surface area (Å²) in [6, 6.07) is 9.87. The number of fused-ring (bicyclic) bond motifs is 2. The number of rotatable bonds is 2. The number of aromatic nitrogens is 4. The van der Waals surface area contributed by atoms with Gasteiger partial charge in [0.2, 0.25) is 0 Å². The molecule has 1 saturated heterocycles. The predicted molar refractivity (Wildman–Crippen MR) is 134 cm³/mol. The minimum Gasteiger partial charge on any atom is -0.390 e. The van der Waals surface area contributed by atoms with Crippen LogP contribution in [-0.4, -0.2) is 60.4 Å². The van der Waals surface area contributed by atoms with Crippen LogP contribution >= 0.6 is 15.9 Å². The number of nitrogen functional groups attached to an aromatic ring is 2. The van der Waals surface area contributed by atoms with Gasteiger partial charge in [-0.2, -0.15) is 0 Å². The van der Waals surface area contributed by atoms with Gasteiger partial charge in [-0.25, -0.2) is 15.0 Å². The zero-order valence-corrected chi connectivity index (χ0v) is 20.2. The molecule has 6 N–H and O–H groups in total. The topological polar surface area (TPSA) is 139 Å². The maximum Gasteiger partial charge on any atom is 0.145 e. The molecule has 176 valence electrons. The summed E-state index contributed by atoms with van der Waals surface area (Å²) >= 11 is 3.44. The standard InChI is InChI=1S/C24H26BrN7O2/c1-31-10-24(8-17(31)13-3-2-12-6-15(25)22(27)30-16(12)7-13)9-18(19(33)20(24)34)32-5-4-14-21(26)28-11-29-23(14)32/h2-7,11,17-20,33-34H,8-10H2,1H3,(H2,27,30)(H2,26,28,29)/t17?,18-,19+,20+,24+/m1/s1. The molecule has 0 radical (unpaired) electrons. The largest absolute Gasteiger partial charge is 0.390 e. The Labute approximate surface area is 204 Å². The fourth-order valence-corrected chi connectivity index (χ4v) is 6.41. The van der Waals surface area contributed by atoms with Crippen LogP contribution in [0.3, 0.4) is 0 Å². The van der Waals surface area contributed by atoms with E-state index in [1.165, 1.54) is 6.33 Å². The third kappa shape index (κ3) is 3.13. The molecule has 1 aromatic carbocycles. The Morgan fingerprint density at radius 2 is 1.91 bits per heavy atom. The predicted octanol–water partition coefficient (Wildman–Crippen LogP) is 2.64. The summed E-state index contributed by atoms with van der Waals surface area (Å²) in [5.41, 5.74) is 14.2. The summed E-state index contributed by atoms with van der Waals surface area (Å²) in [6.07, 6.45) is 2.91. The van der Waals surface area contributed by atoms with Crippen LogP contribution in [0.2, 0.25) is 0 Å². The first-order chi connectivity index (χ1) is 16.3. The lowest BCUT2D eigenvalue weighted by Crippen LogP contribution is -2.38. The zero-order valence-electron chi connectivity index (χ0n) is 18.6. The molecule has 2 aliphatic rings. The molecule has 6 rings (SSSR count). The maximum absolute atomic E-state index is 11.3. The van der Waals surface area contributed by atoms with Crippen molar-refractivity contribution in [3.63, 3.8) is 0 Å². The molecule has 34 heavy (non-hydrogen) atoms. The summed E-state index contributed by atoms with van der Waals surface area (Å²) < 4.78 is 2.72. The number of halogens is 1. The summed E-state index contributed by atoms with van der Waals surface area (Å²) in [5, 5.41) is 24.2. The number of pyridine rings is 1. The molecule has 1 saturated carbocycles. The molecule has 9 nitrogen and oxygen atoms in total. The Kier molecular flexibility index (Phi) is 4.86. The van der Waals surface area contributed by atoms with Crippen molar-refractivity contribution in [2.75, 3.05) is 25.1 Å². The highest BCUT2D eigenvalue weighted by Crippen LogP contribution is 2.55. The molecule has 3 aromatic heterocycles. The van der Waals surface area contributed by atoms with E-state index in [4.69, 9.17) is 11.5 Å². The Bertz CT molecular complexity index is 1430. The van der Waals surface area contributed by atoms with Gasteiger partial charge in [-0.15, -0.1) is 0 Å². The van der Waals surface area contributed by atoms with Gasteiger partial charge in [-0.05, 0) is 59.6 Å². The fourth-order valence-electron chi connectivity index (χ4n) is 6.08. The van der Waals surface area contributed by atoms with Crippen LogP contribution in [-0.2, 0) is 0 Å². The first kappa shape index (κ1) is 21.7. The third-order valence-electron chi connectivity index (χ3n) is 7.76. The van der Waals surface area contributed by atoms with Gasteiger partial charge in [0, 0.05) is 29.6 Å². The van der Waals surface area contributed by atoms with Crippen molar-refractivity contribution in [3.8, 4) is 0 Å². The summed E-state index contributed by atoms with van der Waals surface area (Å²) in [6.45, 7) is 0.677. The second-order valence-electron chi connectivity index (χ2n) is 9.73. The van der Waals surface area contributed by atoms with Crippen LogP contribution in [0, 0.1) is 5.41 Å². The summed E-state index contributed by atoms with van der Waals surface area (Å²) in [7, 11) is 2.07. The van der Waals surface area contributed by atoms with Crippen LogP contribution in [0.1, 0.15) is 30.5 Å². The van der Waals surface area contributed by atoms with Crippen LogP contribution in [0.15, 0.2) is 47.3 Å². The molecular weight excluding hydrogens is 498 g/mol. The molecule has 0 amide bonds. The van der Waals surface area contributed by atoms with Gasteiger partial charge in [-0.1, -0.05) is 12.1 Å². The number of hydrogen-bond acceptors (Lipinski definition) is 8. The van der Waals surface area contributed by atoms with Crippen molar-refractivity contribution < 1.29 is 10.2 Å². The molecule has 1 aliphatic carbocycles. The lowest BCUT2D eigenvalue weighted by Gasteiger charge is -2.27. The molecule has 10 heteroatoms.